The lowest BCUT2D eigenvalue weighted by Gasteiger charge is -2.22. The molecule has 1 unspecified atom stereocenters. The third kappa shape index (κ3) is 4.29. The van der Waals surface area contributed by atoms with Gasteiger partial charge in [-0.25, -0.2) is 0 Å². The number of benzene rings is 1. The smallest absolute Gasteiger partial charge is 0.251 e. The molecular weight excluding hydrogens is 352 g/mol. The number of ether oxygens (including phenoxy) is 1. The Kier molecular flexibility index (Phi) is 5.25. The molecule has 1 aromatic heterocycles. The summed E-state index contributed by atoms with van der Waals surface area (Å²) in [6.45, 7) is 4.01. The largest absolute Gasteiger partial charge is 0.491 e. The van der Waals surface area contributed by atoms with Crippen molar-refractivity contribution in [3.05, 3.63) is 63.6 Å². The summed E-state index contributed by atoms with van der Waals surface area (Å²) in [5.74, 6) is 1.40. The normalized spacial score (nSPS) is 20.2. The third-order valence-electron chi connectivity index (χ3n) is 5.61. The predicted octanol–water partition coefficient (Wildman–Crippen LogP) is 3.84. The lowest BCUT2D eigenvalue weighted by Crippen LogP contribution is -2.28. The van der Waals surface area contributed by atoms with Gasteiger partial charge in [0.25, 0.3) is 5.56 Å². The highest BCUT2D eigenvalue weighted by Gasteiger charge is 2.29. The van der Waals surface area contributed by atoms with Crippen molar-refractivity contribution >= 4 is 5.91 Å². The van der Waals surface area contributed by atoms with Crippen molar-refractivity contribution in [2.45, 2.75) is 69.9 Å². The van der Waals surface area contributed by atoms with Gasteiger partial charge in [0.1, 0.15) is 5.75 Å². The minimum Gasteiger partial charge on any atom is -0.491 e. The van der Waals surface area contributed by atoms with Crippen LogP contribution in [0.4, 0.5) is 0 Å². The molecule has 5 heteroatoms. The molecule has 1 aromatic carbocycles. The first kappa shape index (κ1) is 18.8. The maximum Gasteiger partial charge on any atom is 0.251 e. The quantitative estimate of drug-likeness (QED) is 0.767. The summed E-state index contributed by atoms with van der Waals surface area (Å²) in [6.07, 6.45) is 4.54. The second kappa shape index (κ2) is 7.82. The minimum atomic E-state index is 0.0254. The molecule has 0 spiro atoms. The summed E-state index contributed by atoms with van der Waals surface area (Å²) < 4.78 is 5.76. The van der Waals surface area contributed by atoms with Gasteiger partial charge in [-0.3, -0.25) is 9.59 Å². The molecule has 2 heterocycles. The maximum atomic E-state index is 12.6. The van der Waals surface area contributed by atoms with Crippen molar-refractivity contribution in [3.8, 4) is 5.75 Å². The standard InChI is InChI=1S/C23H28N2O3/c1-14(2)28-18-8-5-16(6-9-18)20(13-17-7-12-22(26)24-17)21-11-10-19(15-3-4-15)23(27)25-21/h5-6,8-11,14-15,17,20H,3-4,7,12-13H2,1-2H3,(H,24,26)(H,25,27)/t17-,20?/m1/s1. The Morgan fingerprint density at radius 1 is 1.04 bits per heavy atom. The number of hydrogen-bond donors (Lipinski definition) is 2. The molecule has 1 aliphatic heterocycles. The van der Waals surface area contributed by atoms with E-state index < -0.39 is 0 Å². The van der Waals surface area contributed by atoms with Crippen LogP contribution < -0.4 is 15.6 Å². The fourth-order valence-electron chi connectivity index (χ4n) is 4.05. The van der Waals surface area contributed by atoms with Crippen molar-refractivity contribution in [3.63, 3.8) is 0 Å². The third-order valence-corrected chi connectivity index (χ3v) is 5.61. The predicted molar refractivity (Wildman–Crippen MR) is 109 cm³/mol. The fraction of sp³-hybridized carbons (Fsp3) is 0.478. The van der Waals surface area contributed by atoms with E-state index in [0.29, 0.717) is 12.3 Å². The molecule has 1 saturated heterocycles. The maximum absolute atomic E-state index is 12.6. The second-order valence-corrected chi connectivity index (χ2v) is 8.30. The molecule has 2 fully saturated rings. The van der Waals surface area contributed by atoms with Gasteiger partial charge in [0.15, 0.2) is 0 Å². The summed E-state index contributed by atoms with van der Waals surface area (Å²) in [6, 6.07) is 12.3. The highest BCUT2D eigenvalue weighted by Crippen LogP contribution is 2.39. The van der Waals surface area contributed by atoms with Gasteiger partial charge in [-0.2, -0.15) is 0 Å². The Balaban J connectivity index is 1.62. The average Bonchev–Trinajstić information content (AvgIpc) is 3.41. The molecule has 1 aliphatic carbocycles. The van der Waals surface area contributed by atoms with Gasteiger partial charge in [0.2, 0.25) is 5.91 Å². The number of H-pyrrole nitrogens is 1. The van der Waals surface area contributed by atoms with Crippen LogP contribution in [0.3, 0.4) is 0 Å². The van der Waals surface area contributed by atoms with Crippen molar-refractivity contribution in [1.82, 2.24) is 10.3 Å². The molecule has 2 aromatic rings. The first-order chi connectivity index (χ1) is 13.5. The van der Waals surface area contributed by atoms with Gasteiger partial charge in [0, 0.05) is 29.6 Å². The Morgan fingerprint density at radius 2 is 1.79 bits per heavy atom. The Morgan fingerprint density at radius 3 is 2.36 bits per heavy atom. The van der Waals surface area contributed by atoms with Crippen LogP contribution in [0.2, 0.25) is 0 Å². The number of carbonyl (C=O) groups excluding carboxylic acids is 1. The van der Waals surface area contributed by atoms with Crippen LogP contribution in [0.25, 0.3) is 0 Å². The molecule has 0 radical (unpaired) electrons. The highest BCUT2D eigenvalue weighted by atomic mass is 16.5. The number of aromatic amines is 1. The molecule has 2 N–H and O–H groups in total. The lowest BCUT2D eigenvalue weighted by atomic mass is 9.88. The zero-order valence-corrected chi connectivity index (χ0v) is 16.5. The summed E-state index contributed by atoms with van der Waals surface area (Å²) in [7, 11) is 0. The molecule has 148 valence electrons. The SMILES string of the molecule is CC(C)Oc1ccc(C(C[C@H]2CCC(=O)N2)c2ccc(C3CC3)c(=O)[nH]2)cc1. The minimum absolute atomic E-state index is 0.0254. The molecule has 1 amide bonds. The van der Waals surface area contributed by atoms with Gasteiger partial charge in [-0.15, -0.1) is 0 Å². The van der Waals surface area contributed by atoms with E-state index in [9.17, 15) is 9.59 Å². The molecular formula is C23H28N2O3. The zero-order chi connectivity index (χ0) is 19.7. The van der Waals surface area contributed by atoms with Gasteiger partial charge >= 0.3 is 0 Å². The van der Waals surface area contributed by atoms with Crippen molar-refractivity contribution in [2.24, 2.45) is 0 Å². The number of carbonyl (C=O) groups is 1. The van der Waals surface area contributed by atoms with E-state index in [1.54, 1.807) is 0 Å². The summed E-state index contributed by atoms with van der Waals surface area (Å²) in [5, 5.41) is 3.06. The van der Waals surface area contributed by atoms with E-state index in [-0.39, 0.29) is 29.5 Å². The van der Waals surface area contributed by atoms with Gasteiger partial charge in [-0.05, 0) is 69.2 Å². The summed E-state index contributed by atoms with van der Waals surface area (Å²) in [5.41, 5.74) is 2.96. The van der Waals surface area contributed by atoms with Crippen molar-refractivity contribution < 1.29 is 9.53 Å². The summed E-state index contributed by atoms with van der Waals surface area (Å²) in [4.78, 5) is 27.4. The van der Waals surface area contributed by atoms with Crippen LogP contribution in [0.1, 0.15) is 74.6 Å². The molecule has 1 saturated carbocycles. The van der Waals surface area contributed by atoms with E-state index in [1.165, 1.54) is 0 Å². The monoisotopic (exact) mass is 380 g/mol. The van der Waals surface area contributed by atoms with Crippen LogP contribution in [0, 0.1) is 0 Å². The Hall–Kier alpha value is -2.56. The summed E-state index contributed by atoms with van der Waals surface area (Å²) >= 11 is 0. The molecule has 4 rings (SSSR count). The number of aromatic nitrogens is 1. The van der Waals surface area contributed by atoms with E-state index in [0.717, 1.165) is 48.3 Å². The van der Waals surface area contributed by atoms with Crippen LogP contribution >= 0.6 is 0 Å². The highest BCUT2D eigenvalue weighted by molar-refractivity contribution is 5.78. The average molecular weight is 380 g/mol. The molecule has 2 aliphatic rings. The van der Waals surface area contributed by atoms with Crippen molar-refractivity contribution in [2.75, 3.05) is 0 Å². The number of rotatable bonds is 7. The lowest BCUT2D eigenvalue weighted by molar-refractivity contribution is -0.119. The Labute approximate surface area is 165 Å². The molecule has 2 atom stereocenters. The number of hydrogen-bond acceptors (Lipinski definition) is 3. The van der Waals surface area contributed by atoms with E-state index in [1.807, 2.05) is 32.0 Å². The van der Waals surface area contributed by atoms with E-state index in [4.69, 9.17) is 4.74 Å². The van der Waals surface area contributed by atoms with Crippen LogP contribution in [-0.2, 0) is 4.79 Å². The van der Waals surface area contributed by atoms with Gasteiger partial charge < -0.3 is 15.0 Å². The topological polar surface area (TPSA) is 71.2 Å². The molecule has 5 nitrogen and oxygen atoms in total. The van der Waals surface area contributed by atoms with Gasteiger partial charge in [0.05, 0.1) is 6.10 Å². The first-order valence-electron chi connectivity index (χ1n) is 10.3. The first-order valence-corrected chi connectivity index (χ1v) is 10.3. The van der Waals surface area contributed by atoms with E-state index in [2.05, 4.69) is 28.5 Å². The second-order valence-electron chi connectivity index (χ2n) is 8.30. The van der Waals surface area contributed by atoms with Crippen molar-refractivity contribution in [1.29, 1.82) is 0 Å². The molecule has 28 heavy (non-hydrogen) atoms. The zero-order valence-electron chi connectivity index (χ0n) is 16.5. The van der Waals surface area contributed by atoms with Crippen LogP contribution in [-0.4, -0.2) is 23.0 Å². The number of pyridine rings is 1. The number of amides is 1. The Bertz CT molecular complexity index is 897. The molecule has 0 bridgehead atoms. The fourth-order valence-corrected chi connectivity index (χ4v) is 4.05. The number of nitrogens with one attached hydrogen (secondary N) is 2. The van der Waals surface area contributed by atoms with Crippen LogP contribution in [0.5, 0.6) is 5.75 Å². The van der Waals surface area contributed by atoms with Gasteiger partial charge in [-0.1, -0.05) is 18.2 Å². The van der Waals surface area contributed by atoms with E-state index >= 15 is 0 Å². The van der Waals surface area contributed by atoms with Crippen LogP contribution in [0.15, 0.2) is 41.2 Å².